The minimum Gasteiger partial charge on any atom is -0.361 e. The summed E-state index contributed by atoms with van der Waals surface area (Å²) in [6.45, 7) is 1.83. The van der Waals surface area contributed by atoms with E-state index in [-0.39, 0.29) is 0 Å². The minimum atomic E-state index is 0.725. The molecule has 0 amide bonds. The summed E-state index contributed by atoms with van der Waals surface area (Å²) in [5.41, 5.74) is 0. The van der Waals surface area contributed by atoms with Gasteiger partial charge in [-0.1, -0.05) is 5.16 Å². The first-order chi connectivity index (χ1) is 3.83. The number of aromatic nitrogens is 1. The zero-order valence-corrected chi connectivity index (χ0v) is 5.23. The first-order valence-corrected chi connectivity index (χ1v) is 3.01. The molecular weight excluding hydrogens is 124 g/mol. The molecule has 0 aliphatic carbocycles. The molecule has 0 unspecified atom stereocenters. The largest absolute Gasteiger partial charge is 0.361 e. The van der Waals surface area contributed by atoms with Crippen LogP contribution in [0.4, 0.5) is 0 Å². The van der Waals surface area contributed by atoms with E-state index in [0.29, 0.717) is 0 Å². The van der Waals surface area contributed by atoms with Gasteiger partial charge in [-0.2, -0.15) is 0 Å². The third-order valence-corrected chi connectivity index (χ3v) is 1.16. The number of rotatable bonds is 1. The second-order valence-corrected chi connectivity index (χ2v) is 2.05. The van der Waals surface area contributed by atoms with Gasteiger partial charge in [0.05, 0.1) is 0 Å². The van der Waals surface area contributed by atoms with Crippen LogP contribution in [-0.4, -0.2) is 5.16 Å². The maximum absolute atomic E-state index is 5.16. The lowest BCUT2D eigenvalue weighted by Gasteiger charge is -1.75. The Bertz CT molecular complexity index is 174. The molecule has 1 aromatic rings. The van der Waals surface area contributed by atoms with Crippen LogP contribution >= 0.6 is 11.9 Å². The van der Waals surface area contributed by atoms with Crippen LogP contribution in [0.1, 0.15) is 5.76 Å². The third-order valence-electron chi connectivity index (χ3n) is 0.727. The van der Waals surface area contributed by atoms with Gasteiger partial charge in [-0.05, 0) is 18.9 Å². The molecule has 0 aromatic carbocycles. The molecule has 0 saturated heterocycles. The fourth-order valence-electron chi connectivity index (χ4n) is 0.399. The predicted octanol–water partition coefficient (Wildman–Crippen LogP) is 0.949. The van der Waals surface area contributed by atoms with Crippen LogP contribution in [0.5, 0.6) is 0 Å². The number of nitrogens with two attached hydrogens (primary N) is 1. The molecule has 1 aromatic heterocycles. The summed E-state index contributed by atoms with van der Waals surface area (Å²) in [4.78, 5) is 0. The highest BCUT2D eigenvalue weighted by Gasteiger charge is 1.94. The van der Waals surface area contributed by atoms with Gasteiger partial charge in [0.1, 0.15) is 5.76 Å². The molecule has 0 aliphatic heterocycles. The summed E-state index contributed by atoms with van der Waals surface area (Å²) in [6.07, 6.45) is 0. The van der Waals surface area contributed by atoms with E-state index in [0.717, 1.165) is 22.7 Å². The summed E-state index contributed by atoms with van der Waals surface area (Å²) >= 11 is 1.08. The van der Waals surface area contributed by atoms with Crippen molar-refractivity contribution in [3.8, 4) is 0 Å². The van der Waals surface area contributed by atoms with Gasteiger partial charge in [0.2, 0.25) is 0 Å². The average Bonchev–Trinajstić information content (AvgIpc) is 2.14. The Morgan fingerprint density at radius 2 is 2.62 bits per heavy atom. The summed E-state index contributed by atoms with van der Waals surface area (Å²) < 4.78 is 4.70. The smallest absolute Gasteiger partial charge is 0.154 e. The fourth-order valence-corrected chi connectivity index (χ4v) is 0.713. The summed E-state index contributed by atoms with van der Waals surface area (Å²) in [5.74, 6) is 0.790. The zero-order valence-electron chi connectivity index (χ0n) is 4.42. The molecule has 0 saturated carbocycles. The maximum atomic E-state index is 5.16. The van der Waals surface area contributed by atoms with Crippen LogP contribution in [0.15, 0.2) is 15.6 Å². The van der Waals surface area contributed by atoms with Crippen molar-refractivity contribution in [1.29, 1.82) is 0 Å². The molecule has 0 fully saturated rings. The van der Waals surface area contributed by atoms with Crippen molar-refractivity contribution in [3.05, 3.63) is 11.8 Å². The lowest BCUT2D eigenvalue weighted by molar-refractivity contribution is 0.383. The fraction of sp³-hybridized carbons (Fsp3) is 0.250. The molecule has 0 aliphatic rings. The first-order valence-electron chi connectivity index (χ1n) is 2.13. The Morgan fingerprint density at radius 1 is 1.88 bits per heavy atom. The average molecular weight is 130 g/mol. The molecule has 0 bridgehead atoms. The van der Waals surface area contributed by atoms with Gasteiger partial charge in [0.25, 0.3) is 0 Å². The van der Waals surface area contributed by atoms with Crippen molar-refractivity contribution < 1.29 is 4.52 Å². The highest BCUT2D eigenvalue weighted by Crippen LogP contribution is 2.09. The number of hydrogen-bond donors (Lipinski definition) is 1. The van der Waals surface area contributed by atoms with E-state index in [4.69, 9.17) is 9.66 Å². The molecule has 44 valence electrons. The van der Waals surface area contributed by atoms with Gasteiger partial charge < -0.3 is 4.52 Å². The monoisotopic (exact) mass is 130 g/mol. The quantitative estimate of drug-likeness (QED) is 0.575. The van der Waals surface area contributed by atoms with E-state index in [9.17, 15) is 0 Å². The van der Waals surface area contributed by atoms with E-state index < -0.39 is 0 Å². The van der Waals surface area contributed by atoms with Crippen molar-refractivity contribution in [3.63, 3.8) is 0 Å². The van der Waals surface area contributed by atoms with E-state index in [1.54, 1.807) is 6.07 Å². The Kier molecular flexibility index (Phi) is 1.55. The lowest BCUT2D eigenvalue weighted by atomic mass is 10.5. The second kappa shape index (κ2) is 2.19. The number of aryl methyl sites for hydroxylation is 1. The molecular formula is C4H6N2OS. The van der Waals surface area contributed by atoms with Gasteiger partial charge in [0, 0.05) is 6.07 Å². The van der Waals surface area contributed by atoms with Gasteiger partial charge in [-0.25, -0.2) is 0 Å². The molecule has 0 spiro atoms. The second-order valence-electron chi connectivity index (χ2n) is 1.39. The molecule has 0 radical (unpaired) electrons. The summed E-state index contributed by atoms with van der Waals surface area (Å²) in [6, 6.07) is 1.78. The SMILES string of the molecule is Cc1cc(SN)no1. The topological polar surface area (TPSA) is 52.0 Å². The van der Waals surface area contributed by atoms with Gasteiger partial charge in [-0.15, -0.1) is 0 Å². The van der Waals surface area contributed by atoms with Crippen molar-refractivity contribution in [2.75, 3.05) is 0 Å². The van der Waals surface area contributed by atoms with Crippen LogP contribution in [0.2, 0.25) is 0 Å². The van der Waals surface area contributed by atoms with E-state index >= 15 is 0 Å². The van der Waals surface area contributed by atoms with Crippen molar-refractivity contribution in [2.24, 2.45) is 5.14 Å². The van der Waals surface area contributed by atoms with Crippen LogP contribution in [0, 0.1) is 6.92 Å². The van der Waals surface area contributed by atoms with Gasteiger partial charge in [0.15, 0.2) is 5.03 Å². The van der Waals surface area contributed by atoms with E-state index in [2.05, 4.69) is 5.16 Å². The Labute approximate surface area is 51.4 Å². The van der Waals surface area contributed by atoms with Crippen LogP contribution in [0.3, 0.4) is 0 Å². The highest BCUT2D eigenvalue weighted by atomic mass is 32.2. The van der Waals surface area contributed by atoms with E-state index in [1.807, 2.05) is 6.92 Å². The van der Waals surface area contributed by atoms with Crippen LogP contribution in [-0.2, 0) is 0 Å². The zero-order chi connectivity index (χ0) is 5.98. The molecule has 2 N–H and O–H groups in total. The van der Waals surface area contributed by atoms with Crippen molar-refractivity contribution in [2.45, 2.75) is 11.9 Å². The summed E-state index contributed by atoms with van der Waals surface area (Å²) in [5, 5.41) is 9.48. The first kappa shape index (κ1) is 5.65. The maximum Gasteiger partial charge on any atom is 0.154 e. The molecule has 3 nitrogen and oxygen atoms in total. The standard InChI is InChI=1S/C4H6N2OS/c1-3-2-4(8-5)6-7-3/h2H,5H2,1H3. The van der Waals surface area contributed by atoms with Crippen LogP contribution < -0.4 is 5.14 Å². The Hall–Kier alpha value is -0.480. The normalized spacial score (nSPS) is 9.75. The van der Waals surface area contributed by atoms with Crippen molar-refractivity contribution in [1.82, 2.24) is 5.16 Å². The predicted molar refractivity (Wildman–Crippen MR) is 31.3 cm³/mol. The third kappa shape index (κ3) is 1.02. The lowest BCUT2D eigenvalue weighted by Crippen LogP contribution is -1.75. The van der Waals surface area contributed by atoms with E-state index in [1.165, 1.54) is 0 Å². The van der Waals surface area contributed by atoms with Gasteiger partial charge in [-0.3, -0.25) is 5.14 Å². The summed E-state index contributed by atoms with van der Waals surface area (Å²) in [7, 11) is 0. The van der Waals surface area contributed by atoms with Gasteiger partial charge >= 0.3 is 0 Å². The molecule has 1 rings (SSSR count). The molecule has 4 heteroatoms. The Balaban J connectivity index is 2.84. The number of nitrogens with zero attached hydrogens (tertiary/aromatic N) is 1. The van der Waals surface area contributed by atoms with Crippen molar-refractivity contribution >= 4 is 11.9 Å². The molecule has 0 atom stereocenters. The molecule has 1 heterocycles. The number of hydrogen-bond acceptors (Lipinski definition) is 4. The Morgan fingerprint density at radius 3 is 2.88 bits per heavy atom. The molecule has 8 heavy (non-hydrogen) atoms. The van der Waals surface area contributed by atoms with Crippen LogP contribution in [0.25, 0.3) is 0 Å². The highest BCUT2D eigenvalue weighted by molar-refractivity contribution is 7.97. The minimum absolute atomic E-state index is 0.725.